The van der Waals surface area contributed by atoms with Gasteiger partial charge in [-0.15, -0.1) is 0 Å². The largest absolute Gasteiger partial charge is 0.441 e. The number of anilines is 1. The van der Waals surface area contributed by atoms with Crippen LogP contribution in [-0.4, -0.2) is 23.3 Å². The number of hydrogen-bond donors (Lipinski definition) is 2. The van der Waals surface area contributed by atoms with E-state index in [1.807, 2.05) is 6.92 Å². The highest BCUT2D eigenvalue weighted by molar-refractivity contribution is 5.98. The second kappa shape index (κ2) is 4.96. The van der Waals surface area contributed by atoms with E-state index in [1.165, 1.54) is 0 Å². The lowest BCUT2D eigenvalue weighted by molar-refractivity contribution is -0.123. The fourth-order valence-electron chi connectivity index (χ4n) is 2.24. The number of fused-ring (bicyclic) bond motifs is 1. The monoisotopic (exact) mass is 273 g/mol. The fraction of sp³-hybridized carbons (Fsp3) is 0.357. The van der Waals surface area contributed by atoms with Crippen LogP contribution in [0.3, 0.4) is 0 Å². The lowest BCUT2D eigenvalue weighted by Gasteiger charge is -2.08. The minimum absolute atomic E-state index is 0.0790. The molecule has 1 unspecified atom stereocenters. The van der Waals surface area contributed by atoms with E-state index in [0.29, 0.717) is 23.7 Å². The van der Waals surface area contributed by atoms with Gasteiger partial charge in [-0.05, 0) is 18.2 Å². The van der Waals surface area contributed by atoms with Crippen LogP contribution >= 0.6 is 0 Å². The summed E-state index contributed by atoms with van der Waals surface area (Å²) < 4.78 is 5.51. The summed E-state index contributed by atoms with van der Waals surface area (Å²) >= 11 is 0. The second-order valence-electron chi connectivity index (χ2n) is 4.84. The summed E-state index contributed by atoms with van der Waals surface area (Å²) in [5.41, 5.74) is 2.09. The summed E-state index contributed by atoms with van der Waals surface area (Å²) in [5.74, 6) is 0.141. The van der Waals surface area contributed by atoms with Gasteiger partial charge in [0.2, 0.25) is 11.8 Å². The van der Waals surface area contributed by atoms with E-state index >= 15 is 0 Å². The van der Waals surface area contributed by atoms with E-state index < -0.39 is 0 Å². The Morgan fingerprint density at radius 1 is 1.55 bits per heavy atom. The van der Waals surface area contributed by atoms with Crippen molar-refractivity contribution in [3.63, 3.8) is 0 Å². The third kappa shape index (κ3) is 2.36. The van der Waals surface area contributed by atoms with Crippen LogP contribution in [0.5, 0.6) is 0 Å². The van der Waals surface area contributed by atoms with Gasteiger partial charge in [-0.25, -0.2) is 4.98 Å². The van der Waals surface area contributed by atoms with Crippen LogP contribution < -0.4 is 10.6 Å². The number of hydrogen-bond acceptors (Lipinski definition) is 4. The lowest BCUT2D eigenvalue weighted by atomic mass is 10.1. The average Bonchev–Trinajstić information content (AvgIpc) is 3.03. The minimum atomic E-state index is -0.304. The van der Waals surface area contributed by atoms with Crippen molar-refractivity contribution in [2.24, 2.45) is 5.92 Å². The van der Waals surface area contributed by atoms with E-state index in [9.17, 15) is 9.59 Å². The molecule has 1 aromatic heterocycles. The van der Waals surface area contributed by atoms with E-state index in [4.69, 9.17) is 4.42 Å². The Labute approximate surface area is 115 Å². The average molecular weight is 273 g/mol. The second-order valence-corrected chi connectivity index (χ2v) is 4.84. The Kier molecular flexibility index (Phi) is 3.14. The van der Waals surface area contributed by atoms with Gasteiger partial charge < -0.3 is 15.1 Å². The first-order valence-corrected chi connectivity index (χ1v) is 6.62. The number of amides is 2. The van der Waals surface area contributed by atoms with Crippen LogP contribution in [0.15, 0.2) is 22.6 Å². The SMILES string of the molecule is CCc1nc2cc(NC(=O)C3CNC(=O)C3)ccc2o1. The molecule has 104 valence electrons. The van der Waals surface area contributed by atoms with Gasteiger partial charge in [0, 0.05) is 25.1 Å². The van der Waals surface area contributed by atoms with E-state index in [2.05, 4.69) is 15.6 Å². The summed E-state index contributed by atoms with van der Waals surface area (Å²) in [6.45, 7) is 2.37. The molecule has 2 aromatic rings. The number of rotatable bonds is 3. The smallest absolute Gasteiger partial charge is 0.229 e. The van der Waals surface area contributed by atoms with Crippen molar-refractivity contribution in [2.75, 3.05) is 11.9 Å². The van der Waals surface area contributed by atoms with Crippen molar-refractivity contribution < 1.29 is 14.0 Å². The zero-order valence-electron chi connectivity index (χ0n) is 11.1. The Morgan fingerprint density at radius 2 is 2.40 bits per heavy atom. The highest BCUT2D eigenvalue weighted by Gasteiger charge is 2.27. The predicted octanol–water partition coefficient (Wildman–Crippen LogP) is 1.46. The van der Waals surface area contributed by atoms with Crippen molar-refractivity contribution >= 4 is 28.6 Å². The Hall–Kier alpha value is -2.37. The maximum atomic E-state index is 12.0. The molecule has 0 saturated carbocycles. The summed E-state index contributed by atoms with van der Waals surface area (Å²) in [7, 11) is 0. The van der Waals surface area contributed by atoms with Crippen LogP contribution in [0.4, 0.5) is 5.69 Å². The first-order chi connectivity index (χ1) is 9.65. The molecule has 3 rings (SSSR count). The number of carbonyl (C=O) groups is 2. The Bertz CT molecular complexity index is 677. The molecule has 2 heterocycles. The molecule has 2 N–H and O–H groups in total. The molecular formula is C14H15N3O3. The van der Waals surface area contributed by atoms with Crippen LogP contribution in [0, 0.1) is 5.92 Å². The van der Waals surface area contributed by atoms with Crippen LogP contribution in [0.1, 0.15) is 19.2 Å². The number of nitrogens with zero attached hydrogens (tertiary/aromatic N) is 1. The van der Waals surface area contributed by atoms with Crippen molar-refractivity contribution in [3.8, 4) is 0 Å². The number of benzene rings is 1. The molecule has 0 spiro atoms. The molecule has 1 atom stereocenters. The van der Waals surface area contributed by atoms with Crippen LogP contribution in [-0.2, 0) is 16.0 Å². The maximum Gasteiger partial charge on any atom is 0.229 e. The molecule has 0 aliphatic carbocycles. The van der Waals surface area contributed by atoms with Gasteiger partial charge in [0.15, 0.2) is 11.5 Å². The van der Waals surface area contributed by atoms with Crippen LogP contribution in [0.25, 0.3) is 11.1 Å². The molecule has 6 nitrogen and oxygen atoms in total. The highest BCUT2D eigenvalue weighted by atomic mass is 16.3. The molecule has 20 heavy (non-hydrogen) atoms. The topological polar surface area (TPSA) is 84.2 Å². The molecule has 6 heteroatoms. The number of carbonyl (C=O) groups excluding carboxylic acids is 2. The van der Waals surface area contributed by atoms with E-state index in [1.54, 1.807) is 18.2 Å². The molecule has 1 aliphatic rings. The number of nitrogens with one attached hydrogen (secondary N) is 2. The Morgan fingerprint density at radius 3 is 3.10 bits per heavy atom. The van der Waals surface area contributed by atoms with E-state index in [0.717, 1.165) is 11.9 Å². The van der Waals surface area contributed by atoms with Crippen LogP contribution in [0.2, 0.25) is 0 Å². The Balaban J connectivity index is 1.76. The quantitative estimate of drug-likeness (QED) is 0.886. The van der Waals surface area contributed by atoms with Crippen molar-refractivity contribution in [1.29, 1.82) is 0 Å². The van der Waals surface area contributed by atoms with Gasteiger partial charge in [-0.3, -0.25) is 9.59 Å². The molecular weight excluding hydrogens is 258 g/mol. The van der Waals surface area contributed by atoms with Gasteiger partial charge in [-0.2, -0.15) is 0 Å². The number of oxazole rings is 1. The summed E-state index contributed by atoms with van der Waals surface area (Å²) in [4.78, 5) is 27.4. The molecule has 0 radical (unpaired) electrons. The molecule has 1 aromatic carbocycles. The van der Waals surface area contributed by atoms with Gasteiger partial charge in [0.1, 0.15) is 5.52 Å². The summed E-state index contributed by atoms with van der Waals surface area (Å²) in [6, 6.07) is 5.34. The van der Waals surface area contributed by atoms with Gasteiger partial charge >= 0.3 is 0 Å². The summed E-state index contributed by atoms with van der Waals surface area (Å²) in [5, 5.41) is 5.46. The molecule has 1 saturated heterocycles. The third-order valence-electron chi connectivity index (χ3n) is 3.35. The lowest BCUT2D eigenvalue weighted by Crippen LogP contribution is -2.24. The van der Waals surface area contributed by atoms with E-state index in [-0.39, 0.29) is 24.2 Å². The number of aromatic nitrogens is 1. The normalized spacial score (nSPS) is 18.2. The fourth-order valence-corrected chi connectivity index (χ4v) is 2.24. The number of aryl methyl sites for hydroxylation is 1. The molecule has 1 aliphatic heterocycles. The third-order valence-corrected chi connectivity index (χ3v) is 3.35. The molecule has 2 amide bonds. The standard InChI is InChI=1S/C14H15N3O3/c1-2-13-17-10-6-9(3-4-11(10)20-13)16-14(19)8-5-12(18)15-7-8/h3-4,6,8H,2,5,7H2,1H3,(H,15,18)(H,16,19). The van der Waals surface area contributed by atoms with Crippen molar-refractivity contribution in [2.45, 2.75) is 19.8 Å². The van der Waals surface area contributed by atoms with Gasteiger partial charge in [0.05, 0.1) is 5.92 Å². The van der Waals surface area contributed by atoms with Gasteiger partial charge in [0.25, 0.3) is 0 Å². The van der Waals surface area contributed by atoms with Crippen molar-refractivity contribution in [3.05, 3.63) is 24.1 Å². The zero-order valence-corrected chi connectivity index (χ0v) is 11.1. The molecule has 1 fully saturated rings. The first-order valence-electron chi connectivity index (χ1n) is 6.62. The maximum absolute atomic E-state index is 12.0. The summed E-state index contributed by atoms with van der Waals surface area (Å²) in [6.07, 6.45) is 0.976. The predicted molar refractivity (Wildman–Crippen MR) is 73.1 cm³/mol. The van der Waals surface area contributed by atoms with Gasteiger partial charge in [-0.1, -0.05) is 6.92 Å². The highest BCUT2D eigenvalue weighted by Crippen LogP contribution is 2.21. The minimum Gasteiger partial charge on any atom is -0.441 e. The van der Waals surface area contributed by atoms with Crippen molar-refractivity contribution in [1.82, 2.24) is 10.3 Å². The first kappa shape index (κ1) is 12.7. The molecule has 0 bridgehead atoms. The zero-order chi connectivity index (χ0) is 14.1.